The van der Waals surface area contributed by atoms with Gasteiger partial charge in [0.25, 0.3) is 0 Å². The summed E-state index contributed by atoms with van der Waals surface area (Å²) in [6.07, 6.45) is 7.94. The van der Waals surface area contributed by atoms with Crippen molar-refractivity contribution in [1.29, 1.82) is 0 Å². The quantitative estimate of drug-likeness (QED) is 0.108. The molecule has 3 rings (SSSR count). The molecule has 240 valence electrons. The minimum atomic E-state index is -0.939. The molecule has 2 aromatic heterocycles. The summed E-state index contributed by atoms with van der Waals surface area (Å²) in [5.41, 5.74) is 6.86. The zero-order valence-electron chi connectivity index (χ0n) is 25.7. The summed E-state index contributed by atoms with van der Waals surface area (Å²) in [7, 11) is 0. The number of carbonyl (C=O) groups excluding carboxylic acids is 1. The predicted molar refractivity (Wildman–Crippen MR) is 167 cm³/mol. The SMILES string of the molecule is CCCC(CC)NCCCNCCCn1cc(CNc2nc(N)cc(N3CCN(C(=O)CCNCC(=O)O)CC3)n2)nn1. The van der Waals surface area contributed by atoms with Gasteiger partial charge < -0.3 is 41.9 Å². The first kappa shape index (κ1) is 33.9. The zero-order chi connectivity index (χ0) is 30.9. The van der Waals surface area contributed by atoms with Crippen LogP contribution in [0.25, 0.3) is 0 Å². The van der Waals surface area contributed by atoms with Crippen molar-refractivity contribution in [3.05, 3.63) is 18.0 Å². The van der Waals surface area contributed by atoms with Crippen LogP contribution in [-0.2, 0) is 22.7 Å². The molecule has 1 atom stereocenters. The van der Waals surface area contributed by atoms with Gasteiger partial charge in [0.1, 0.15) is 17.3 Å². The Morgan fingerprint density at radius 2 is 1.84 bits per heavy atom. The second kappa shape index (κ2) is 18.9. The molecule has 0 radical (unpaired) electrons. The summed E-state index contributed by atoms with van der Waals surface area (Å²) >= 11 is 0. The number of carboxylic acid groups (broad SMARTS) is 1. The summed E-state index contributed by atoms with van der Waals surface area (Å²) in [5, 5.41) is 30.3. The van der Waals surface area contributed by atoms with E-state index < -0.39 is 5.97 Å². The number of piperazine rings is 1. The third-order valence-corrected chi connectivity index (χ3v) is 7.33. The van der Waals surface area contributed by atoms with E-state index in [-0.39, 0.29) is 18.9 Å². The Hall–Kier alpha value is -3.56. The minimum absolute atomic E-state index is 0.00205. The number of aryl methyl sites for hydroxylation is 1. The highest BCUT2D eigenvalue weighted by atomic mass is 16.4. The maximum atomic E-state index is 12.4. The van der Waals surface area contributed by atoms with Gasteiger partial charge in [-0.3, -0.25) is 14.3 Å². The number of amides is 1. The average molecular weight is 603 g/mol. The molecule has 2 aromatic rings. The Morgan fingerprint density at radius 3 is 2.58 bits per heavy atom. The van der Waals surface area contributed by atoms with E-state index in [0.29, 0.717) is 62.9 Å². The molecule has 0 bridgehead atoms. The Kier molecular flexibility index (Phi) is 14.9. The van der Waals surface area contributed by atoms with Crippen LogP contribution in [0.4, 0.5) is 17.6 Å². The largest absolute Gasteiger partial charge is 0.480 e. The van der Waals surface area contributed by atoms with E-state index in [2.05, 4.69) is 60.3 Å². The zero-order valence-corrected chi connectivity index (χ0v) is 25.7. The van der Waals surface area contributed by atoms with E-state index in [9.17, 15) is 9.59 Å². The van der Waals surface area contributed by atoms with Crippen LogP contribution in [0.5, 0.6) is 0 Å². The molecule has 0 aliphatic carbocycles. The summed E-state index contributed by atoms with van der Waals surface area (Å²) in [6.45, 7) is 11.2. The van der Waals surface area contributed by atoms with Crippen LogP contribution in [0, 0.1) is 0 Å². The van der Waals surface area contributed by atoms with E-state index in [1.165, 1.54) is 19.3 Å². The number of carbonyl (C=O) groups is 2. The highest BCUT2D eigenvalue weighted by molar-refractivity contribution is 5.77. The van der Waals surface area contributed by atoms with Gasteiger partial charge in [0.15, 0.2) is 0 Å². The maximum Gasteiger partial charge on any atom is 0.317 e. The number of hydrogen-bond donors (Lipinski definition) is 6. The number of nitrogen functional groups attached to an aromatic ring is 1. The van der Waals surface area contributed by atoms with Crippen molar-refractivity contribution in [1.82, 2.24) is 45.8 Å². The first-order chi connectivity index (χ1) is 20.9. The van der Waals surface area contributed by atoms with Gasteiger partial charge in [0.2, 0.25) is 11.9 Å². The third-order valence-electron chi connectivity index (χ3n) is 7.33. The third kappa shape index (κ3) is 12.7. The van der Waals surface area contributed by atoms with Crippen LogP contribution < -0.4 is 31.9 Å². The summed E-state index contributed by atoms with van der Waals surface area (Å²) in [6, 6.07) is 2.37. The van der Waals surface area contributed by atoms with Gasteiger partial charge in [0.05, 0.1) is 19.3 Å². The van der Waals surface area contributed by atoms with Crippen molar-refractivity contribution in [3.8, 4) is 0 Å². The molecule has 43 heavy (non-hydrogen) atoms. The number of aliphatic carboxylic acids is 1. The molecular formula is C28H50N12O3. The molecule has 0 spiro atoms. The second-order valence-corrected chi connectivity index (χ2v) is 10.8. The van der Waals surface area contributed by atoms with Gasteiger partial charge in [-0.2, -0.15) is 9.97 Å². The van der Waals surface area contributed by atoms with Crippen molar-refractivity contribution in [2.75, 3.05) is 74.9 Å². The van der Waals surface area contributed by atoms with Gasteiger partial charge in [0, 0.05) is 57.8 Å². The van der Waals surface area contributed by atoms with Gasteiger partial charge in [-0.25, -0.2) is 0 Å². The number of carboxylic acids is 1. The molecule has 7 N–H and O–H groups in total. The summed E-state index contributed by atoms with van der Waals surface area (Å²) in [5.74, 6) is 0.525. The standard InChI is InChI=1S/C28H50N12O3/c1-3-7-22(4-2)32-11-5-9-30-10-6-13-40-21-23(36-37-40)19-33-28-34-24(29)18-25(35-28)38-14-16-39(17-15-38)26(41)8-12-31-20-27(42)43/h18,21-22,30-32H,3-17,19-20H2,1-2H3,(H,42,43)(H3,29,33,34,35). The van der Waals surface area contributed by atoms with Crippen molar-refractivity contribution in [2.24, 2.45) is 0 Å². The number of aromatic nitrogens is 5. The molecule has 1 unspecified atom stereocenters. The maximum absolute atomic E-state index is 12.4. The van der Waals surface area contributed by atoms with Crippen LogP contribution in [0.15, 0.2) is 12.3 Å². The van der Waals surface area contributed by atoms with Gasteiger partial charge >= 0.3 is 5.97 Å². The molecule has 15 heteroatoms. The lowest BCUT2D eigenvalue weighted by atomic mass is 10.1. The van der Waals surface area contributed by atoms with E-state index in [0.717, 1.165) is 44.7 Å². The van der Waals surface area contributed by atoms with Crippen molar-refractivity contribution in [2.45, 2.75) is 71.5 Å². The number of rotatable bonds is 21. The lowest BCUT2D eigenvalue weighted by Gasteiger charge is -2.35. The van der Waals surface area contributed by atoms with Crippen molar-refractivity contribution >= 4 is 29.5 Å². The summed E-state index contributed by atoms with van der Waals surface area (Å²) in [4.78, 5) is 35.8. The van der Waals surface area contributed by atoms with E-state index in [1.807, 2.05) is 10.9 Å². The van der Waals surface area contributed by atoms with Crippen LogP contribution in [-0.4, -0.2) is 112 Å². The lowest BCUT2D eigenvalue weighted by Crippen LogP contribution is -2.49. The molecule has 0 aromatic carbocycles. The lowest BCUT2D eigenvalue weighted by molar-refractivity contribution is -0.136. The smallest absolute Gasteiger partial charge is 0.317 e. The fraction of sp³-hybridized carbons (Fsp3) is 0.714. The molecule has 1 fully saturated rings. The van der Waals surface area contributed by atoms with E-state index in [4.69, 9.17) is 10.8 Å². The Labute approximate surface area is 254 Å². The normalized spacial score (nSPS) is 14.2. The molecule has 1 saturated heterocycles. The number of hydrogen-bond acceptors (Lipinski definition) is 12. The van der Waals surface area contributed by atoms with Crippen LogP contribution in [0.1, 0.15) is 58.1 Å². The molecule has 3 heterocycles. The average Bonchev–Trinajstić information content (AvgIpc) is 3.46. The Bertz CT molecular complexity index is 1110. The fourth-order valence-corrected chi connectivity index (χ4v) is 4.94. The van der Waals surface area contributed by atoms with E-state index >= 15 is 0 Å². The molecule has 15 nitrogen and oxygen atoms in total. The van der Waals surface area contributed by atoms with Gasteiger partial charge in [-0.05, 0) is 45.3 Å². The van der Waals surface area contributed by atoms with Crippen molar-refractivity contribution < 1.29 is 14.7 Å². The highest BCUT2D eigenvalue weighted by Gasteiger charge is 2.22. The highest BCUT2D eigenvalue weighted by Crippen LogP contribution is 2.19. The van der Waals surface area contributed by atoms with Crippen LogP contribution in [0.3, 0.4) is 0 Å². The first-order valence-electron chi connectivity index (χ1n) is 15.5. The molecular weight excluding hydrogens is 552 g/mol. The molecule has 1 aliphatic rings. The second-order valence-electron chi connectivity index (χ2n) is 10.8. The number of nitrogens with two attached hydrogens (primary N) is 1. The number of nitrogens with one attached hydrogen (secondary N) is 4. The van der Waals surface area contributed by atoms with Crippen molar-refractivity contribution in [3.63, 3.8) is 0 Å². The fourth-order valence-electron chi connectivity index (χ4n) is 4.94. The van der Waals surface area contributed by atoms with Crippen LogP contribution >= 0.6 is 0 Å². The van der Waals surface area contributed by atoms with E-state index in [1.54, 1.807) is 11.0 Å². The number of anilines is 3. The van der Waals surface area contributed by atoms with Crippen LogP contribution in [0.2, 0.25) is 0 Å². The Balaban J connectivity index is 1.33. The minimum Gasteiger partial charge on any atom is -0.480 e. The van der Waals surface area contributed by atoms with Gasteiger partial charge in [-0.15, -0.1) is 5.10 Å². The number of nitrogens with zero attached hydrogens (tertiary/aromatic N) is 7. The Morgan fingerprint density at radius 1 is 1.05 bits per heavy atom. The predicted octanol–water partition coefficient (Wildman–Crippen LogP) is 0.513. The monoisotopic (exact) mass is 602 g/mol. The molecule has 1 amide bonds. The summed E-state index contributed by atoms with van der Waals surface area (Å²) < 4.78 is 1.85. The topological polar surface area (TPSA) is 191 Å². The molecule has 0 saturated carbocycles. The van der Waals surface area contributed by atoms with Gasteiger partial charge in [-0.1, -0.05) is 25.5 Å². The molecule has 1 aliphatic heterocycles. The first-order valence-corrected chi connectivity index (χ1v) is 15.5.